The first-order chi connectivity index (χ1) is 14.8. The van der Waals surface area contributed by atoms with E-state index in [0.29, 0.717) is 10.0 Å². The van der Waals surface area contributed by atoms with Gasteiger partial charge in [-0.25, -0.2) is 4.99 Å². The molecule has 0 unspecified atom stereocenters. The van der Waals surface area contributed by atoms with Crippen LogP contribution in [0.5, 0.6) is 0 Å². The van der Waals surface area contributed by atoms with Gasteiger partial charge in [-0.15, -0.1) is 0 Å². The van der Waals surface area contributed by atoms with E-state index in [2.05, 4.69) is 18.2 Å². The molecule has 1 aliphatic heterocycles. The smallest absolute Gasteiger partial charge is 0.262 e. The summed E-state index contributed by atoms with van der Waals surface area (Å²) >= 11 is 12.5. The van der Waals surface area contributed by atoms with E-state index in [1.54, 1.807) is 20.2 Å². The summed E-state index contributed by atoms with van der Waals surface area (Å²) in [5.74, 6) is 0.239. The van der Waals surface area contributed by atoms with Crippen LogP contribution in [0, 0.1) is 5.41 Å². The SMILES string of the molecule is COC1CCC2(CC1)Cc1ccc(-c3cc(Cl)cc(Cl)c3)cc1[C@@]21N=C(N)N(C)C1=O. The molecule has 5 rings (SSSR count). The fourth-order valence-corrected chi connectivity index (χ4v) is 6.35. The molecule has 0 bridgehead atoms. The van der Waals surface area contributed by atoms with Crippen molar-refractivity contribution in [3.05, 3.63) is 57.6 Å². The Balaban J connectivity index is 1.68. The average molecular weight is 458 g/mol. The molecule has 5 nitrogen and oxygen atoms in total. The highest BCUT2D eigenvalue weighted by molar-refractivity contribution is 6.35. The number of nitrogens with zero attached hydrogens (tertiary/aromatic N) is 2. The molecule has 2 N–H and O–H groups in total. The zero-order valence-electron chi connectivity index (χ0n) is 17.6. The van der Waals surface area contributed by atoms with Crippen molar-refractivity contribution in [2.45, 2.75) is 43.7 Å². The van der Waals surface area contributed by atoms with Crippen LogP contribution in [0.2, 0.25) is 10.0 Å². The molecule has 2 spiro atoms. The normalized spacial score (nSPS) is 29.7. The number of hydrogen-bond acceptors (Lipinski definition) is 4. The lowest BCUT2D eigenvalue weighted by Crippen LogP contribution is -2.51. The minimum absolute atomic E-state index is 0.0408. The molecule has 162 valence electrons. The Bertz CT molecular complexity index is 1090. The molecule has 0 saturated heterocycles. The predicted molar refractivity (Wildman–Crippen MR) is 123 cm³/mol. The number of aliphatic imine (C=N–C) groups is 1. The van der Waals surface area contributed by atoms with Gasteiger partial charge in [0.05, 0.1) is 6.10 Å². The summed E-state index contributed by atoms with van der Waals surface area (Å²) in [6.07, 6.45) is 4.60. The molecule has 3 aliphatic rings. The molecule has 1 heterocycles. The number of benzene rings is 2. The molecular formula is C24H25Cl2N3O2. The largest absolute Gasteiger partial charge is 0.381 e. The van der Waals surface area contributed by atoms with E-state index in [1.807, 2.05) is 12.1 Å². The van der Waals surface area contributed by atoms with Gasteiger partial charge in [0.1, 0.15) is 0 Å². The molecule has 1 saturated carbocycles. The Kier molecular flexibility index (Phi) is 4.85. The molecule has 2 aliphatic carbocycles. The third-order valence-electron chi connectivity index (χ3n) is 7.46. The molecule has 2 aromatic carbocycles. The van der Waals surface area contributed by atoms with E-state index in [1.165, 1.54) is 4.90 Å². The predicted octanol–water partition coefficient (Wildman–Crippen LogP) is 4.77. The first-order valence-corrected chi connectivity index (χ1v) is 11.3. The number of hydrogen-bond donors (Lipinski definition) is 1. The number of fused-ring (bicyclic) bond motifs is 3. The first-order valence-electron chi connectivity index (χ1n) is 10.6. The zero-order chi connectivity index (χ0) is 22.0. The van der Waals surface area contributed by atoms with Crippen LogP contribution >= 0.6 is 23.2 Å². The molecule has 2 aromatic rings. The van der Waals surface area contributed by atoms with Crippen molar-refractivity contribution >= 4 is 35.1 Å². The first kappa shape index (κ1) is 20.8. The van der Waals surface area contributed by atoms with Gasteiger partial charge in [-0.2, -0.15) is 0 Å². The summed E-state index contributed by atoms with van der Waals surface area (Å²) in [4.78, 5) is 20.1. The molecule has 31 heavy (non-hydrogen) atoms. The van der Waals surface area contributed by atoms with Crippen LogP contribution in [0.1, 0.15) is 36.8 Å². The second-order valence-electron chi connectivity index (χ2n) is 8.97. The highest BCUT2D eigenvalue weighted by Crippen LogP contribution is 2.62. The number of ether oxygens (including phenoxy) is 1. The van der Waals surface area contributed by atoms with Gasteiger partial charge in [0.2, 0.25) is 0 Å². The second kappa shape index (κ2) is 7.22. The highest BCUT2D eigenvalue weighted by Gasteiger charge is 2.66. The number of nitrogens with two attached hydrogens (primary N) is 1. The van der Waals surface area contributed by atoms with Crippen LogP contribution in [0.15, 0.2) is 41.4 Å². The average Bonchev–Trinajstić information content (AvgIpc) is 3.14. The topological polar surface area (TPSA) is 67.9 Å². The minimum atomic E-state index is -0.988. The van der Waals surface area contributed by atoms with Crippen LogP contribution in [0.25, 0.3) is 11.1 Å². The van der Waals surface area contributed by atoms with Gasteiger partial charge in [0.15, 0.2) is 11.5 Å². The Morgan fingerprint density at radius 3 is 2.35 bits per heavy atom. The maximum atomic E-state index is 13.7. The summed E-state index contributed by atoms with van der Waals surface area (Å²) < 4.78 is 5.61. The number of methoxy groups -OCH3 is 1. The molecule has 1 fully saturated rings. The third-order valence-corrected chi connectivity index (χ3v) is 7.89. The van der Waals surface area contributed by atoms with E-state index in [9.17, 15) is 4.79 Å². The lowest BCUT2D eigenvalue weighted by Gasteiger charge is -2.45. The second-order valence-corrected chi connectivity index (χ2v) is 9.84. The molecule has 1 atom stereocenters. The molecule has 7 heteroatoms. The van der Waals surface area contributed by atoms with E-state index < -0.39 is 5.54 Å². The van der Waals surface area contributed by atoms with E-state index in [4.69, 9.17) is 38.7 Å². The summed E-state index contributed by atoms with van der Waals surface area (Å²) in [6.45, 7) is 0. The van der Waals surface area contributed by atoms with Crippen molar-refractivity contribution < 1.29 is 9.53 Å². The van der Waals surface area contributed by atoms with Crippen LogP contribution in [0.3, 0.4) is 0 Å². The number of guanidine groups is 1. The number of carbonyl (C=O) groups excluding carboxylic acids is 1. The van der Waals surface area contributed by atoms with Gasteiger partial charge in [-0.3, -0.25) is 9.69 Å². The monoisotopic (exact) mass is 457 g/mol. The Morgan fingerprint density at radius 2 is 1.77 bits per heavy atom. The molecular weight excluding hydrogens is 433 g/mol. The van der Waals surface area contributed by atoms with Crippen LogP contribution in [-0.4, -0.2) is 37.0 Å². The van der Waals surface area contributed by atoms with Crippen LogP contribution in [-0.2, 0) is 21.5 Å². The summed E-state index contributed by atoms with van der Waals surface area (Å²) in [7, 11) is 3.47. The van der Waals surface area contributed by atoms with E-state index in [-0.39, 0.29) is 23.4 Å². The number of rotatable bonds is 2. The van der Waals surface area contributed by atoms with Crippen molar-refractivity contribution in [2.24, 2.45) is 16.1 Å². The fraction of sp³-hybridized carbons (Fsp3) is 0.417. The molecule has 1 amide bonds. The number of carbonyl (C=O) groups is 1. The van der Waals surface area contributed by atoms with Gasteiger partial charge in [-0.05, 0) is 78.6 Å². The highest BCUT2D eigenvalue weighted by atomic mass is 35.5. The van der Waals surface area contributed by atoms with Gasteiger partial charge in [0.25, 0.3) is 5.91 Å². The molecule has 0 radical (unpaired) electrons. The van der Waals surface area contributed by atoms with Crippen molar-refractivity contribution in [1.82, 2.24) is 4.90 Å². The van der Waals surface area contributed by atoms with E-state index in [0.717, 1.165) is 54.4 Å². The zero-order valence-corrected chi connectivity index (χ0v) is 19.1. The number of likely N-dealkylation sites (N-methyl/N-ethyl adjacent to an activating group) is 1. The summed E-state index contributed by atoms with van der Waals surface area (Å²) in [5, 5.41) is 1.15. The summed E-state index contributed by atoms with van der Waals surface area (Å²) in [5.41, 5.74) is 8.92. The fourth-order valence-electron chi connectivity index (χ4n) is 5.83. The summed E-state index contributed by atoms with van der Waals surface area (Å²) in [6, 6.07) is 11.8. The quantitative estimate of drug-likeness (QED) is 0.705. The van der Waals surface area contributed by atoms with Crippen molar-refractivity contribution in [2.75, 3.05) is 14.2 Å². The Hall–Kier alpha value is -2.08. The van der Waals surface area contributed by atoms with Gasteiger partial charge >= 0.3 is 0 Å². The van der Waals surface area contributed by atoms with Gasteiger partial charge < -0.3 is 10.5 Å². The third kappa shape index (κ3) is 2.94. The van der Waals surface area contributed by atoms with Gasteiger partial charge in [0, 0.05) is 29.6 Å². The lowest BCUT2D eigenvalue weighted by atomic mass is 9.61. The maximum absolute atomic E-state index is 13.7. The maximum Gasteiger partial charge on any atom is 0.262 e. The number of halogens is 2. The van der Waals surface area contributed by atoms with Crippen molar-refractivity contribution in [3.63, 3.8) is 0 Å². The Labute approximate surface area is 192 Å². The van der Waals surface area contributed by atoms with Crippen molar-refractivity contribution in [1.29, 1.82) is 0 Å². The standard InChI is InChI=1S/C24H25Cl2N3O2/c1-29-21(30)24(28-22(29)27)20-11-14(16-9-17(25)12-18(26)10-16)3-4-15(20)13-23(24)7-5-19(31-2)6-8-23/h3-4,9-12,19H,5-8,13H2,1-2H3,(H2,27,28)/t19?,23?,24-/m0/s1. The Morgan fingerprint density at radius 1 is 1.10 bits per heavy atom. The van der Waals surface area contributed by atoms with Crippen molar-refractivity contribution in [3.8, 4) is 11.1 Å². The molecule has 0 aromatic heterocycles. The lowest BCUT2D eigenvalue weighted by molar-refractivity contribution is -0.137. The van der Waals surface area contributed by atoms with Gasteiger partial charge in [-0.1, -0.05) is 35.3 Å². The van der Waals surface area contributed by atoms with Crippen LogP contribution < -0.4 is 5.73 Å². The van der Waals surface area contributed by atoms with Crippen LogP contribution in [0.4, 0.5) is 0 Å². The number of amides is 1. The van der Waals surface area contributed by atoms with E-state index >= 15 is 0 Å². The minimum Gasteiger partial charge on any atom is -0.381 e.